The molecule has 0 aromatic heterocycles. The molecule has 0 aliphatic carbocycles. The maximum absolute atomic E-state index is 13.0. The highest BCUT2D eigenvalue weighted by molar-refractivity contribution is 7.47. The van der Waals surface area contributed by atoms with E-state index in [-0.39, 0.29) is 25.7 Å². The number of carbonyl (C=O) groups excluding carboxylic acids is 4. The van der Waals surface area contributed by atoms with Crippen LogP contribution in [0.15, 0.2) is 0 Å². The Morgan fingerprint density at radius 3 is 0.855 bits per heavy atom. The van der Waals surface area contributed by atoms with Crippen LogP contribution < -0.4 is 0 Å². The van der Waals surface area contributed by atoms with Gasteiger partial charge in [-0.2, -0.15) is 0 Å². The number of ether oxygens (including phenoxy) is 4. The minimum Gasteiger partial charge on any atom is -0.462 e. The van der Waals surface area contributed by atoms with Crippen LogP contribution in [-0.4, -0.2) is 96.7 Å². The number of esters is 4. The van der Waals surface area contributed by atoms with Gasteiger partial charge in [0.25, 0.3) is 0 Å². The number of aliphatic hydroxyl groups excluding tert-OH is 1. The molecule has 0 aromatic carbocycles. The lowest BCUT2D eigenvalue weighted by molar-refractivity contribution is -0.161. The second kappa shape index (κ2) is 56.6. The van der Waals surface area contributed by atoms with Crippen molar-refractivity contribution in [3.05, 3.63) is 0 Å². The summed E-state index contributed by atoms with van der Waals surface area (Å²) < 4.78 is 68.0. The minimum atomic E-state index is -4.94. The van der Waals surface area contributed by atoms with Crippen molar-refractivity contribution in [3.63, 3.8) is 0 Å². The van der Waals surface area contributed by atoms with Crippen LogP contribution in [0, 0.1) is 11.8 Å². The number of carbonyl (C=O) groups is 4. The molecule has 7 atom stereocenters. The Bertz CT molecular complexity index is 1640. The Morgan fingerprint density at radius 1 is 0.337 bits per heavy atom. The number of unbranched alkanes of at least 4 members (excludes halogenated alkanes) is 31. The molecule has 0 saturated heterocycles. The van der Waals surface area contributed by atoms with E-state index >= 15 is 0 Å². The maximum Gasteiger partial charge on any atom is 0.472 e. The van der Waals surface area contributed by atoms with E-state index in [1.807, 2.05) is 0 Å². The summed E-state index contributed by atoms with van der Waals surface area (Å²) in [6.45, 7) is 9.43. The molecule has 83 heavy (non-hydrogen) atoms. The van der Waals surface area contributed by atoms with E-state index in [4.69, 9.17) is 37.0 Å². The smallest absolute Gasteiger partial charge is 0.462 e. The third-order valence-corrected chi connectivity index (χ3v) is 17.3. The normalized spacial score (nSPS) is 15.0. The first kappa shape index (κ1) is 81.1. The second-order valence-electron chi connectivity index (χ2n) is 23.6. The lowest BCUT2D eigenvalue weighted by Crippen LogP contribution is -2.30. The zero-order valence-electron chi connectivity index (χ0n) is 53.5. The van der Waals surface area contributed by atoms with E-state index in [0.717, 1.165) is 108 Å². The van der Waals surface area contributed by atoms with Crippen molar-refractivity contribution in [2.45, 2.75) is 336 Å². The lowest BCUT2D eigenvalue weighted by atomic mass is 9.99. The van der Waals surface area contributed by atoms with Crippen molar-refractivity contribution in [2.24, 2.45) is 11.8 Å². The molecule has 0 amide bonds. The predicted octanol–water partition coefficient (Wildman–Crippen LogP) is 17.7. The monoisotopic (exact) mass is 1230 g/mol. The third kappa shape index (κ3) is 56.3. The van der Waals surface area contributed by atoms with Gasteiger partial charge >= 0.3 is 39.5 Å². The molecule has 0 saturated carbocycles. The molecule has 492 valence electrons. The van der Waals surface area contributed by atoms with Crippen LogP contribution in [0.4, 0.5) is 0 Å². The zero-order valence-corrected chi connectivity index (χ0v) is 55.3. The van der Waals surface area contributed by atoms with E-state index < -0.39 is 97.5 Å². The van der Waals surface area contributed by atoms with Gasteiger partial charge in [0.05, 0.1) is 26.4 Å². The van der Waals surface area contributed by atoms with Gasteiger partial charge in [0.15, 0.2) is 12.2 Å². The highest BCUT2D eigenvalue weighted by Crippen LogP contribution is 2.45. The number of phosphoric ester groups is 2. The predicted molar refractivity (Wildman–Crippen MR) is 331 cm³/mol. The largest absolute Gasteiger partial charge is 0.472 e. The van der Waals surface area contributed by atoms with Gasteiger partial charge in [-0.1, -0.05) is 266 Å². The summed E-state index contributed by atoms with van der Waals surface area (Å²) in [4.78, 5) is 72.2. The van der Waals surface area contributed by atoms with Gasteiger partial charge in [-0.05, 0) is 37.5 Å². The molecule has 17 nitrogen and oxygen atoms in total. The van der Waals surface area contributed by atoms with Crippen LogP contribution >= 0.6 is 15.6 Å². The molecule has 0 aliphatic heterocycles. The summed E-state index contributed by atoms with van der Waals surface area (Å²) in [5, 5.41) is 10.5. The average Bonchev–Trinajstić information content (AvgIpc) is 3.47. The first-order valence-corrected chi connectivity index (χ1v) is 36.6. The van der Waals surface area contributed by atoms with Crippen LogP contribution in [0.3, 0.4) is 0 Å². The summed E-state index contributed by atoms with van der Waals surface area (Å²) in [7, 11) is -9.88. The van der Waals surface area contributed by atoms with Crippen molar-refractivity contribution in [1.82, 2.24) is 0 Å². The van der Waals surface area contributed by atoms with E-state index in [9.17, 15) is 43.2 Å². The van der Waals surface area contributed by atoms with Crippen LogP contribution in [0.5, 0.6) is 0 Å². The second-order valence-corrected chi connectivity index (χ2v) is 26.5. The molecule has 0 spiro atoms. The number of hydrogen-bond acceptors (Lipinski definition) is 15. The molecule has 4 unspecified atom stereocenters. The summed E-state index contributed by atoms with van der Waals surface area (Å²) in [5.74, 6) is -0.639. The van der Waals surface area contributed by atoms with Crippen molar-refractivity contribution < 1.29 is 80.2 Å². The fourth-order valence-electron chi connectivity index (χ4n) is 9.47. The summed E-state index contributed by atoms with van der Waals surface area (Å²) >= 11 is 0. The van der Waals surface area contributed by atoms with Crippen molar-refractivity contribution in [2.75, 3.05) is 39.6 Å². The lowest BCUT2D eigenvalue weighted by Gasteiger charge is -2.21. The van der Waals surface area contributed by atoms with E-state index in [2.05, 4.69) is 41.5 Å². The molecule has 0 bridgehead atoms. The average molecular weight is 1230 g/mol. The van der Waals surface area contributed by atoms with Gasteiger partial charge in [-0.25, -0.2) is 9.13 Å². The van der Waals surface area contributed by atoms with E-state index in [1.165, 1.54) is 128 Å². The molecule has 0 heterocycles. The van der Waals surface area contributed by atoms with Gasteiger partial charge in [-0.3, -0.25) is 37.3 Å². The van der Waals surface area contributed by atoms with Crippen LogP contribution in [0.25, 0.3) is 0 Å². The summed E-state index contributed by atoms with van der Waals surface area (Å²) in [6.07, 6.45) is 38.9. The zero-order chi connectivity index (χ0) is 61.5. The highest BCUT2D eigenvalue weighted by atomic mass is 31.2. The quantitative estimate of drug-likeness (QED) is 0.0222. The van der Waals surface area contributed by atoms with Crippen molar-refractivity contribution >= 4 is 39.5 Å². The Morgan fingerprint density at radius 2 is 0.578 bits per heavy atom. The van der Waals surface area contributed by atoms with Gasteiger partial charge in [-0.15, -0.1) is 0 Å². The van der Waals surface area contributed by atoms with Crippen LogP contribution in [0.2, 0.25) is 0 Å². The van der Waals surface area contributed by atoms with Crippen LogP contribution in [-0.2, 0) is 65.4 Å². The minimum absolute atomic E-state index is 0.103. The number of phosphoric acid groups is 2. The van der Waals surface area contributed by atoms with E-state index in [0.29, 0.717) is 25.7 Å². The fourth-order valence-corrected chi connectivity index (χ4v) is 11.0. The van der Waals surface area contributed by atoms with Crippen molar-refractivity contribution in [1.29, 1.82) is 0 Å². The molecular formula is C64H124O17P2. The van der Waals surface area contributed by atoms with E-state index in [1.54, 1.807) is 0 Å². The number of aliphatic hydroxyl groups is 1. The molecule has 0 aromatic rings. The van der Waals surface area contributed by atoms with Gasteiger partial charge in [0, 0.05) is 25.7 Å². The molecule has 19 heteroatoms. The standard InChI is InChI=1S/C64H124O17P2/c1-7-11-13-15-17-19-20-21-22-23-29-36-42-48-63(68)80-59(52-75-62(67)47-41-35-28-25-24-26-32-38-44-56(5)9-3)54-78-82(70,71)76-50-58(65)51-77-83(72,73)79-55-60(53-74-61(66)46-40-34-27-18-16-14-12-8-2)81-64(69)49-43-37-31-30-33-39-45-57(6)10-4/h56-60,65H,7-55H2,1-6H3,(H,70,71)(H,72,73)/t56?,57?,58-,59-,60-/m1/s1. The first-order valence-electron chi connectivity index (χ1n) is 33.6. The maximum atomic E-state index is 13.0. The number of hydrogen-bond donors (Lipinski definition) is 3. The highest BCUT2D eigenvalue weighted by Gasteiger charge is 2.30. The summed E-state index contributed by atoms with van der Waals surface area (Å²) in [5.41, 5.74) is 0. The first-order chi connectivity index (χ1) is 39.9. The molecule has 0 radical (unpaired) electrons. The Hall–Kier alpha value is -1.94. The third-order valence-electron chi connectivity index (χ3n) is 15.4. The number of rotatable bonds is 63. The SMILES string of the molecule is CCCCCCCCCCCCCCCC(=O)O[C@H](COC(=O)CCCCCCCCCCC(C)CC)COP(=O)(O)OC[C@@H](O)COP(=O)(O)OC[C@@H](COC(=O)CCCCCCCCCC)OC(=O)CCCCCCCCC(C)CC. The molecular weight excluding hydrogens is 1100 g/mol. The molecule has 0 aliphatic rings. The van der Waals surface area contributed by atoms with Gasteiger partial charge < -0.3 is 33.8 Å². The molecule has 3 N–H and O–H groups in total. The molecule has 0 rings (SSSR count). The fraction of sp³-hybridized carbons (Fsp3) is 0.938. The Balaban J connectivity index is 5.24. The van der Waals surface area contributed by atoms with Crippen LogP contribution in [0.1, 0.15) is 318 Å². The topological polar surface area (TPSA) is 237 Å². The van der Waals surface area contributed by atoms with Gasteiger partial charge in [0.1, 0.15) is 19.3 Å². The Kier molecular flexibility index (Phi) is 55.2. The van der Waals surface area contributed by atoms with Crippen molar-refractivity contribution in [3.8, 4) is 0 Å². The summed E-state index contributed by atoms with van der Waals surface area (Å²) in [6, 6.07) is 0. The Labute approximate surface area is 505 Å². The molecule has 0 fully saturated rings. The van der Waals surface area contributed by atoms with Gasteiger partial charge in [0.2, 0.25) is 0 Å².